The third-order valence-corrected chi connectivity index (χ3v) is 5.13. The van der Waals surface area contributed by atoms with Crippen LogP contribution in [-0.2, 0) is 16.0 Å². The third-order valence-electron chi connectivity index (χ3n) is 5.13. The smallest absolute Gasteiger partial charge is 0.327 e. The van der Waals surface area contributed by atoms with E-state index in [2.05, 4.69) is 0 Å². The molecule has 1 saturated heterocycles. The number of carbonyl (C=O) groups is 2. The predicted molar refractivity (Wildman–Crippen MR) is 78.9 cm³/mol. The number of carboxylic acids is 1. The van der Waals surface area contributed by atoms with Crippen LogP contribution in [0.2, 0.25) is 0 Å². The zero-order valence-electron chi connectivity index (χ0n) is 12.3. The highest BCUT2D eigenvalue weighted by Crippen LogP contribution is 2.50. The van der Waals surface area contributed by atoms with Gasteiger partial charge in [0.05, 0.1) is 6.42 Å². The largest absolute Gasteiger partial charge is 0.480 e. The molecule has 2 fully saturated rings. The van der Waals surface area contributed by atoms with Crippen LogP contribution >= 0.6 is 0 Å². The summed E-state index contributed by atoms with van der Waals surface area (Å²) in [5, 5.41) is 9.50. The van der Waals surface area contributed by atoms with Crippen molar-refractivity contribution in [3.8, 4) is 0 Å². The van der Waals surface area contributed by atoms with Crippen molar-refractivity contribution >= 4 is 11.9 Å². The van der Waals surface area contributed by atoms with Gasteiger partial charge in [0.1, 0.15) is 6.04 Å². The van der Waals surface area contributed by atoms with Gasteiger partial charge in [-0.05, 0) is 30.9 Å². The van der Waals surface area contributed by atoms with Gasteiger partial charge in [0.25, 0.3) is 0 Å². The fraction of sp³-hybridized carbons (Fsp3) is 0.529. The Balaban J connectivity index is 1.74. The zero-order chi connectivity index (χ0) is 15.0. The highest BCUT2D eigenvalue weighted by Gasteiger charge is 2.58. The minimum absolute atomic E-state index is 0.0609. The highest BCUT2D eigenvalue weighted by molar-refractivity contribution is 5.88. The molecule has 0 radical (unpaired) electrons. The van der Waals surface area contributed by atoms with Crippen LogP contribution < -0.4 is 0 Å². The van der Waals surface area contributed by atoms with Crippen molar-refractivity contribution in [3.05, 3.63) is 35.4 Å². The molecule has 1 saturated carbocycles. The topological polar surface area (TPSA) is 57.6 Å². The molecule has 1 spiro atoms. The summed E-state index contributed by atoms with van der Waals surface area (Å²) in [6.07, 6.45) is 4.36. The Hall–Kier alpha value is -1.84. The lowest BCUT2D eigenvalue weighted by atomic mass is 9.70. The van der Waals surface area contributed by atoms with E-state index in [-0.39, 0.29) is 11.3 Å². The van der Waals surface area contributed by atoms with Crippen molar-refractivity contribution in [3.63, 3.8) is 0 Å². The molecule has 4 nitrogen and oxygen atoms in total. The van der Waals surface area contributed by atoms with Crippen molar-refractivity contribution in [1.29, 1.82) is 0 Å². The molecule has 21 heavy (non-hydrogen) atoms. The van der Waals surface area contributed by atoms with E-state index in [0.29, 0.717) is 13.0 Å². The Kier molecular flexibility index (Phi) is 3.47. The maximum atomic E-state index is 12.5. The standard InChI is InChI=1S/C17H21NO3/c1-12-6-2-3-7-13(12)10-14(19)18-11-17(8-4-5-9-17)15(18)16(20)21/h2-3,6-7,15H,4-5,8-11H2,1H3,(H,20,21). The van der Waals surface area contributed by atoms with E-state index in [1.165, 1.54) is 0 Å². The maximum absolute atomic E-state index is 12.5. The van der Waals surface area contributed by atoms with Gasteiger partial charge in [0, 0.05) is 12.0 Å². The van der Waals surface area contributed by atoms with E-state index in [1.54, 1.807) is 4.90 Å². The third kappa shape index (κ3) is 2.33. The molecule has 1 aromatic rings. The molecular weight excluding hydrogens is 266 g/mol. The highest BCUT2D eigenvalue weighted by atomic mass is 16.4. The van der Waals surface area contributed by atoms with Crippen LogP contribution in [0.15, 0.2) is 24.3 Å². The van der Waals surface area contributed by atoms with E-state index < -0.39 is 12.0 Å². The molecule has 1 atom stereocenters. The lowest BCUT2D eigenvalue weighted by Gasteiger charge is -2.53. The minimum atomic E-state index is -0.846. The van der Waals surface area contributed by atoms with Crippen molar-refractivity contribution in [2.45, 2.75) is 45.1 Å². The number of benzene rings is 1. The van der Waals surface area contributed by atoms with Crippen LogP contribution in [0.5, 0.6) is 0 Å². The molecule has 1 unspecified atom stereocenters. The van der Waals surface area contributed by atoms with Gasteiger partial charge in [0.2, 0.25) is 5.91 Å². The van der Waals surface area contributed by atoms with E-state index in [9.17, 15) is 14.7 Å². The number of carboxylic acid groups (broad SMARTS) is 1. The Morgan fingerprint density at radius 3 is 2.57 bits per heavy atom. The number of hydrogen-bond donors (Lipinski definition) is 1. The number of amides is 1. The Morgan fingerprint density at radius 1 is 1.29 bits per heavy atom. The molecule has 0 aromatic heterocycles. The lowest BCUT2D eigenvalue weighted by Crippen LogP contribution is -2.68. The number of rotatable bonds is 3. The first-order valence-electron chi connectivity index (χ1n) is 7.60. The van der Waals surface area contributed by atoms with Crippen LogP contribution in [0.4, 0.5) is 0 Å². The van der Waals surface area contributed by atoms with Crippen molar-refractivity contribution < 1.29 is 14.7 Å². The van der Waals surface area contributed by atoms with Gasteiger partial charge in [-0.15, -0.1) is 0 Å². The Bertz CT molecular complexity index is 575. The van der Waals surface area contributed by atoms with Gasteiger partial charge < -0.3 is 10.0 Å². The van der Waals surface area contributed by atoms with E-state index >= 15 is 0 Å². The Labute approximate surface area is 124 Å². The Morgan fingerprint density at radius 2 is 1.95 bits per heavy atom. The van der Waals surface area contributed by atoms with Crippen molar-refractivity contribution in [2.75, 3.05) is 6.54 Å². The average Bonchev–Trinajstić information content (AvgIpc) is 2.89. The van der Waals surface area contributed by atoms with Gasteiger partial charge in [-0.25, -0.2) is 4.79 Å². The summed E-state index contributed by atoms with van der Waals surface area (Å²) < 4.78 is 0. The fourth-order valence-electron chi connectivity index (χ4n) is 3.95. The number of aliphatic carboxylic acids is 1. The van der Waals surface area contributed by atoms with E-state index in [1.807, 2.05) is 31.2 Å². The zero-order valence-corrected chi connectivity index (χ0v) is 12.3. The average molecular weight is 287 g/mol. The van der Waals surface area contributed by atoms with Crippen LogP contribution in [0.3, 0.4) is 0 Å². The second kappa shape index (κ2) is 5.17. The molecule has 0 bridgehead atoms. The van der Waals surface area contributed by atoms with Gasteiger partial charge in [0.15, 0.2) is 0 Å². The molecule has 1 aliphatic heterocycles. The van der Waals surface area contributed by atoms with Crippen molar-refractivity contribution in [1.82, 2.24) is 4.90 Å². The molecule has 3 rings (SSSR count). The summed E-state index contributed by atoms with van der Waals surface area (Å²) >= 11 is 0. The first-order chi connectivity index (χ1) is 10.0. The van der Waals surface area contributed by atoms with Gasteiger partial charge >= 0.3 is 5.97 Å². The molecule has 112 valence electrons. The van der Waals surface area contributed by atoms with E-state index in [0.717, 1.165) is 36.8 Å². The minimum Gasteiger partial charge on any atom is -0.480 e. The van der Waals surface area contributed by atoms with Crippen LogP contribution in [0.1, 0.15) is 36.8 Å². The van der Waals surface area contributed by atoms with Crippen molar-refractivity contribution in [2.24, 2.45) is 5.41 Å². The molecule has 1 amide bonds. The van der Waals surface area contributed by atoms with Crippen LogP contribution in [0, 0.1) is 12.3 Å². The van der Waals surface area contributed by atoms with E-state index in [4.69, 9.17) is 0 Å². The fourth-order valence-corrected chi connectivity index (χ4v) is 3.95. The summed E-state index contributed by atoms with van der Waals surface area (Å²) in [7, 11) is 0. The summed E-state index contributed by atoms with van der Waals surface area (Å²) in [6.45, 7) is 2.60. The number of carbonyl (C=O) groups excluding carboxylic acids is 1. The van der Waals surface area contributed by atoms with Gasteiger partial charge in [-0.2, -0.15) is 0 Å². The molecule has 1 heterocycles. The summed E-state index contributed by atoms with van der Waals surface area (Å²) in [5.74, 6) is -0.907. The molecule has 1 aliphatic carbocycles. The molecule has 4 heteroatoms. The molecule has 2 aliphatic rings. The second-order valence-corrected chi connectivity index (χ2v) is 6.44. The first kappa shape index (κ1) is 14.1. The van der Waals surface area contributed by atoms with Gasteiger partial charge in [-0.1, -0.05) is 37.1 Å². The maximum Gasteiger partial charge on any atom is 0.327 e. The SMILES string of the molecule is Cc1ccccc1CC(=O)N1CC2(CCCC2)C1C(=O)O. The predicted octanol–water partition coefficient (Wildman–Crippen LogP) is 2.39. The molecular formula is C17H21NO3. The molecule has 1 aromatic carbocycles. The number of hydrogen-bond acceptors (Lipinski definition) is 2. The lowest BCUT2D eigenvalue weighted by molar-refractivity contribution is -0.174. The normalized spacial score (nSPS) is 23.1. The quantitative estimate of drug-likeness (QED) is 0.928. The summed E-state index contributed by atoms with van der Waals surface area (Å²) in [5.41, 5.74) is 1.92. The molecule has 1 N–H and O–H groups in total. The van der Waals surface area contributed by atoms with Crippen LogP contribution in [-0.4, -0.2) is 34.5 Å². The number of nitrogens with zero attached hydrogens (tertiary/aromatic N) is 1. The van der Waals surface area contributed by atoms with Gasteiger partial charge in [-0.3, -0.25) is 4.79 Å². The number of aryl methyl sites for hydroxylation is 1. The number of likely N-dealkylation sites (tertiary alicyclic amines) is 1. The second-order valence-electron chi connectivity index (χ2n) is 6.44. The summed E-state index contributed by atoms with van der Waals surface area (Å²) in [6, 6.07) is 7.16. The monoisotopic (exact) mass is 287 g/mol. The first-order valence-corrected chi connectivity index (χ1v) is 7.60. The van der Waals surface area contributed by atoms with Crippen LogP contribution in [0.25, 0.3) is 0 Å². The summed E-state index contributed by atoms with van der Waals surface area (Å²) in [4.78, 5) is 25.6.